The van der Waals surface area contributed by atoms with E-state index in [1.54, 1.807) is 20.8 Å². The van der Waals surface area contributed by atoms with E-state index in [0.717, 1.165) is 4.90 Å². The van der Waals surface area contributed by atoms with Gasteiger partial charge in [0, 0.05) is 4.91 Å². The molecule has 19 heavy (non-hydrogen) atoms. The van der Waals surface area contributed by atoms with Crippen molar-refractivity contribution in [2.45, 2.75) is 46.7 Å². The summed E-state index contributed by atoms with van der Waals surface area (Å²) in [7, 11) is 0. The van der Waals surface area contributed by atoms with Crippen molar-refractivity contribution in [3.63, 3.8) is 0 Å². The number of carbonyl (C=O) groups excluding carboxylic acids is 2. The third-order valence-corrected chi connectivity index (χ3v) is 3.13. The monoisotopic (exact) mass is 268 g/mol. The van der Waals surface area contributed by atoms with Crippen LogP contribution in [-0.4, -0.2) is 35.6 Å². The Hall–Kier alpha value is -1.75. The Labute approximate surface area is 112 Å². The highest BCUT2D eigenvalue weighted by atomic mass is 16.6. The average Bonchev–Trinajstić information content (AvgIpc) is 2.65. The van der Waals surface area contributed by atoms with E-state index >= 15 is 0 Å². The quantitative estimate of drug-likeness (QED) is 0.447. The molecule has 0 aliphatic carbocycles. The first-order chi connectivity index (χ1) is 8.70. The van der Waals surface area contributed by atoms with Gasteiger partial charge in [0.05, 0.1) is 6.04 Å². The lowest BCUT2D eigenvalue weighted by Gasteiger charge is -2.31. The molecule has 2 amide bonds. The van der Waals surface area contributed by atoms with Crippen LogP contribution in [0.2, 0.25) is 0 Å². The molecule has 0 aromatic carbocycles. The molecule has 7 heteroatoms. The van der Waals surface area contributed by atoms with Crippen LogP contribution >= 0.6 is 0 Å². The Balaban J connectivity index is 3.08. The van der Waals surface area contributed by atoms with Gasteiger partial charge in [0.1, 0.15) is 12.6 Å². The number of azide groups is 1. The van der Waals surface area contributed by atoms with Crippen molar-refractivity contribution in [3.05, 3.63) is 10.4 Å². The van der Waals surface area contributed by atoms with E-state index in [2.05, 4.69) is 10.0 Å². The van der Waals surface area contributed by atoms with Gasteiger partial charge in [0.25, 0.3) is 0 Å². The Morgan fingerprint density at radius 1 is 1.53 bits per heavy atom. The summed E-state index contributed by atoms with van der Waals surface area (Å²) in [6.45, 7) is 9.37. The lowest BCUT2D eigenvalue weighted by Crippen LogP contribution is -2.49. The number of rotatable bonds is 3. The van der Waals surface area contributed by atoms with Gasteiger partial charge in [-0.3, -0.25) is 4.79 Å². The Morgan fingerprint density at radius 2 is 2.11 bits per heavy atom. The van der Waals surface area contributed by atoms with Gasteiger partial charge in [0.15, 0.2) is 0 Å². The molecule has 0 N–H and O–H groups in total. The number of imide groups is 1. The predicted molar refractivity (Wildman–Crippen MR) is 69.2 cm³/mol. The van der Waals surface area contributed by atoms with E-state index in [4.69, 9.17) is 10.3 Å². The molecular weight excluding hydrogens is 248 g/mol. The summed E-state index contributed by atoms with van der Waals surface area (Å²) in [5.41, 5.74) is 8.04. The zero-order valence-corrected chi connectivity index (χ0v) is 12.0. The third kappa shape index (κ3) is 3.17. The second kappa shape index (κ2) is 5.48. The number of carbonyl (C=O) groups is 2. The molecular formula is C12H20N4O3. The minimum Gasteiger partial charge on any atom is -0.447 e. The van der Waals surface area contributed by atoms with Crippen molar-refractivity contribution < 1.29 is 14.3 Å². The van der Waals surface area contributed by atoms with Crippen LogP contribution in [0, 0.1) is 11.3 Å². The third-order valence-electron chi connectivity index (χ3n) is 3.13. The molecule has 0 spiro atoms. The number of amides is 2. The number of nitrogens with zero attached hydrogens (tertiary/aromatic N) is 4. The molecule has 1 aliphatic rings. The smallest absolute Gasteiger partial charge is 0.416 e. The largest absolute Gasteiger partial charge is 0.447 e. The van der Waals surface area contributed by atoms with Crippen LogP contribution in [0.3, 0.4) is 0 Å². The van der Waals surface area contributed by atoms with E-state index in [1.165, 1.54) is 0 Å². The van der Waals surface area contributed by atoms with Gasteiger partial charge in [-0.1, -0.05) is 39.7 Å². The number of ether oxygens (including phenoxy) is 1. The van der Waals surface area contributed by atoms with E-state index in [1.807, 2.05) is 13.8 Å². The second-order valence-corrected chi connectivity index (χ2v) is 6.07. The van der Waals surface area contributed by atoms with Crippen molar-refractivity contribution >= 4 is 12.0 Å². The zero-order chi connectivity index (χ0) is 14.8. The van der Waals surface area contributed by atoms with Crippen molar-refractivity contribution in [2.75, 3.05) is 6.61 Å². The molecule has 1 heterocycles. The molecule has 1 saturated heterocycles. The van der Waals surface area contributed by atoms with Gasteiger partial charge in [0.2, 0.25) is 5.91 Å². The summed E-state index contributed by atoms with van der Waals surface area (Å²) >= 11 is 0. The van der Waals surface area contributed by atoms with Gasteiger partial charge in [-0.25, -0.2) is 9.69 Å². The molecule has 1 aliphatic heterocycles. The van der Waals surface area contributed by atoms with Gasteiger partial charge in [-0.15, -0.1) is 0 Å². The fourth-order valence-electron chi connectivity index (χ4n) is 1.96. The average molecular weight is 268 g/mol. The summed E-state index contributed by atoms with van der Waals surface area (Å²) in [5.74, 6) is -0.409. The summed E-state index contributed by atoms with van der Waals surface area (Å²) < 4.78 is 4.93. The molecule has 106 valence electrons. The van der Waals surface area contributed by atoms with Crippen molar-refractivity contribution in [3.8, 4) is 0 Å². The van der Waals surface area contributed by atoms with E-state index < -0.39 is 23.5 Å². The molecule has 0 aromatic rings. The van der Waals surface area contributed by atoms with Crippen LogP contribution in [0.5, 0.6) is 0 Å². The first kappa shape index (κ1) is 15.3. The maximum Gasteiger partial charge on any atom is 0.416 e. The molecule has 0 aromatic heterocycles. The lowest BCUT2D eigenvalue weighted by atomic mass is 9.86. The Kier molecular flexibility index (Phi) is 4.42. The fourth-order valence-corrected chi connectivity index (χ4v) is 1.96. The fraction of sp³-hybridized carbons (Fsp3) is 0.833. The Bertz CT molecular complexity index is 421. The molecule has 7 nitrogen and oxygen atoms in total. The summed E-state index contributed by atoms with van der Waals surface area (Å²) in [5, 5.41) is 3.55. The second-order valence-electron chi connectivity index (χ2n) is 6.07. The molecule has 1 rings (SSSR count). The number of hydrogen-bond donors (Lipinski definition) is 0. The first-order valence-electron chi connectivity index (χ1n) is 6.24. The van der Waals surface area contributed by atoms with Gasteiger partial charge >= 0.3 is 6.09 Å². The predicted octanol–water partition coefficient (Wildman–Crippen LogP) is 2.71. The molecule has 0 unspecified atom stereocenters. The summed E-state index contributed by atoms with van der Waals surface area (Å²) in [4.78, 5) is 28.0. The van der Waals surface area contributed by atoms with Crippen LogP contribution in [0.1, 0.15) is 34.6 Å². The highest BCUT2D eigenvalue weighted by molar-refractivity contribution is 5.97. The SMILES string of the molecule is CC(C)[C@H]1COC(=O)N1C(=O)[C@@H](N=[N+]=[N-])C(C)(C)C. The van der Waals surface area contributed by atoms with E-state index in [9.17, 15) is 9.59 Å². The van der Waals surface area contributed by atoms with Crippen LogP contribution < -0.4 is 0 Å². The van der Waals surface area contributed by atoms with Crippen LogP contribution in [0.4, 0.5) is 4.79 Å². The molecule has 1 fully saturated rings. The van der Waals surface area contributed by atoms with Crippen LogP contribution in [0.15, 0.2) is 5.11 Å². The zero-order valence-electron chi connectivity index (χ0n) is 12.0. The Morgan fingerprint density at radius 3 is 2.53 bits per heavy atom. The molecule has 0 radical (unpaired) electrons. The minimum absolute atomic E-state index is 0.0853. The first-order valence-corrected chi connectivity index (χ1v) is 6.24. The topological polar surface area (TPSA) is 95.4 Å². The van der Waals surface area contributed by atoms with E-state index in [-0.39, 0.29) is 18.6 Å². The van der Waals surface area contributed by atoms with Crippen LogP contribution in [0.25, 0.3) is 10.4 Å². The van der Waals surface area contributed by atoms with Crippen molar-refractivity contribution in [1.82, 2.24) is 4.90 Å². The van der Waals surface area contributed by atoms with Gasteiger partial charge in [-0.2, -0.15) is 0 Å². The summed E-state index contributed by atoms with van der Waals surface area (Å²) in [6.07, 6.45) is -0.661. The van der Waals surface area contributed by atoms with Gasteiger partial charge in [-0.05, 0) is 16.9 Å². The van der Waals surface area contributed by atoms with Gasteiger partial charge < -0.3 is 4.74 Å². The minimum atomic E-state index is -0.926. The standard InChI is InChI=1S/C12H20N4O3/c1-7(2)8-6-19-11(18)16(8)10(17)9(14-15-13)12(3,4)5/h7-9H,6H2,1-5H3/t8-,9-/m1/s1. The lowest BCUT2D eigenvalue weighted by molar-refractivity contribution is -0.133. The number of hydrogen-bond acceptors (Lipinski definition) is 4. The van der Waals surface area contributed by atoms with Crippen molar-refractivity contribution in [2.24, 2.45) is 16.4 Å². The maximum absolute atomic E-state index is 12.5. The number of cyclic esters (lactones) is 1. The maximum atomic E-state index is 12.5. The molecule has 0 bridgehead atoms. The highest BCUT2D eigenvalue weighted by Crippen LogP contribution is 2.28. The molecule has 2 atom stereocenters. The van der Waals surface area contributed by atoms with E-state index in [0.29, 0.717) is 0 Å². The van der Waals surface area contributed by atoms with Crippen molar-refractivity contribution in [1.29, 1.82) is 0 Å². The summed E-state index contributed by atoms with van der Waals surface area (Å²) in [6, 6.07) is -1.23. The highest BCUT2D eigenvalue weighted by Gasteiger charge is 2.44. The normalized spacial score (nSPS) is 21.1. The molecule has 0 saturated carbocycles. The van der Waals surface area contributed by atoms with Crippen LogP contribution in [-0.2, 0) is 9.53 Å².